The van der Waals surface area contributed by atoms with E-state index in [0.717, 1.165) is 37.2 Å². The Balaban J connectivity index is 1.59. The highest BCUT2D eigenvalue weighted by Gasteiger charge is 2.28. The predicted octanol–water partition coefficient (Wildman–Crippen LogP) is 1.18. The zero-order valence-corrected chi connectivity index (χ0v) is 13.7. The zero-order valence-electron chi connectivity index (χ0n) is 13.7. The molecule has 0 bridgehead atoms. The van der Waals surface area contributed by atoms with Crippen LogP contribution in [0.25, 0.3) is 0 Å². The van der Waals surface area contributed by atoms with Gasteiger partial charge in [-0.1, -0.05) is 0 Å². The van der Waals surface area contributed by atoms with Gasteiger partial charge in [-0.25, -0.2) is 0 Å². The van der Waals surface area contributed by atoms with Crippen LogP contribution in [-0.2, 0) is 6.54 Å². The van der Waals surface area contributed by atoms with Crippen LogP contribution in [0.15, 0.2) is 18.2 Å². The quantitative estimate of drug-likeness (QED) is 0.884. The third kappa shape index (κ3) is 3.72. The Bertz CT molecular complexity index is 467. The minimum atomic E-state index is 0.717. The summed E-state index contributed by atoms with van der Waals surface area (Å²) in [5.74, 6) is 1.74. The van der Waals surface area contributed by atoms with Crippen LogP contribution in [-0.4, -0.2) is 69.3 Å². The SMILES string of the molecule is COc1cc(CN2CCC(N3CCNCC3)C2)cc(OC)c1. The van der Waals surface area contributed by atoms with Crippen LogP contribution < -0.4 is 14.8 Å². The highest BCUT2D eigenvalue weighted by Crippen LogP contribution is 2.25. The maximum atomic E-state index is 5.36. The summed E-state index contributed by atoms with van der Waals surface area (Å²) < 4.78 is 10.7. The van der Waals surface area contributed by atoms with Gasteiger partial charge in [0.25, 0.3) is 0 Å². The lowest BCUT2D eigenvalue weighted by molar-refractivity contribution is 0.170. The van der Waals surface area contributed by atoms with E-state index in [4.69, 9.17) is 9.47 Å². The van der Waals surface area contributed by atoms with Crippen molar-refractivity contribution in [2.24, 2.45) is 0 Å². The molecule has 5 nitrogen and oxygen atoms in total. The van der Waals surface area contributed by atoms with Gasteiger partial charge in [-0.15, -0.1) is 0 Å². The normalized spacial score (nSPS) is 23.6. The van der Waals surface area contributed by atoms with Crippen LogP contribution in [0, 0.1) is 0 Å². The van der Waals surface area contributed by atoms with Gasteiger partial charge in [-0.3, -0.25) is 9.80 Å². The second-order valence-electron chi connectivity index (χ2n) is 6.18. The molecule has 2 aliphatic heterocycles. The first-order chi connectivity index (χ1) is 10.8. The Morgan fingerprint density at radius 2 is 1.73 bits per heavy atom. The van der Waals surface area contributed by atoms with E-state index in [0.29, 0.717) is 0 Å². The highest BCUT2D eigenvalue weighted by atomic mass is 16.5. The van der Waals surface area contributed by atoms with Crippen molar-refractivity contribution in [3.63, 3.8) is 0 Å². The van der Waals surface area contributed by atoms with Crippen molar-refractivity contribution >= 4 is 0 Å². The lowest BCUT2D eigenvalue weighted by Gasteiger charge is -2.32. The molecule has 22 heavy (non-hydrogen) atoms. The summed E-state index contributed by atoms with van der Waals surface area (Å²) in [4.78, 5) is 5.18. The minimum Gasteiger partial charge on any atom is -0.497 e. The van der Waals surface area contributed by atoms with E-state index in [1.807, 2.05) is 6.07 Å². The molecule has 1 unspecified atom stereocenters. The molecule has 2 aliphatic rings. The number of piperazine rings is 1. The fraction of sp³-hybridized carbons (Fsp3) is 0.647. The number of rotatable bonds is 5. The van der Waals surface area contributed by atoms with Crippen molar-refractivity contribution in [2.75, 3.05) is 53.5 Å². The zero-order chi connectivity index (χ0) is 15.4. The van der Waals surface area contributed by atoms with E-state index in [1.165, 1.54) is 38.2 Å². The van der Waals surface area contributed by atoms with Crippen molar-refractivity contribution in [3.05, 3.63) is 23.8 Å². The number of hydrogen-bond donors (Lipinski definition) is 1. The van der Waals surface area contributed by atoms with Crippen molar-refractivity contribution in [2.45, 2.75) is 19.0 Å². The van der Waals surface area contributed by atoms with E-state index in [-0.39, 0.29) is 0 Å². The Morgan fingerprint density at radius 3 is 2.36 bits per heavy atom. The van der Waals surface area contributed by atoms with Gasteiger partial charge >= 0.3 is 0 Å². The Kier molecular flexibility index (Phi) is 5.18. The number of nitrogens with one attached hydrogen (secondary N) is 1. The molecule has 0 saturated carbocycles. The molecule has 0 spiro atoms. The maximum absolute atomic E-state index is 5.36. The molecule has 0 amide bonds. The van der Waals surface area contributed by atoms with E-state index in [2.05, 4.69) is 27.2 Å². The lowest BCUT2D eigenvalue weighted by atomic mass is 10.2. The fourth-order valence-corrected chi connectivity index (χ4v) is 3.52. The van der Waals surface area contributed by atoms with E-state index >= 15 is 0 Å². The standard InChI is InChI=1S/C17H27N3O2/c1-21-16-9-14(10-17(11-16)22-2)12-19-6-3-15(13-19)20-7-4-18-5-8-20/h9-11,15,18H,3-8,12-13H2,1-2H3. The molecule has 122 valence electrons. The molecular formula is C17H27N3O2. The third-order valence-electron chi connectivity index (χ3n) is 4.73. The number of ether oxygens (including phenoxy) is 2. The fourth-order valence-electron chi connectivity index (χ4n) is 3.52. The number of hydrogen-bond acceptors (Lipinski definition) is 5. The first-order valence-electron chi connectivity index (χ1n) is 8.17. The topological polar surface area (TPSA) is 37.0 Å². The van der Waals surface area contributed by atoms with Crippen LogP contribution in [0.4, 0.5) is 0 Å². The summed E-state index contributed by atoms with van der Waals surface area (Å²) in [6.07, 6.45) is 1.28. The summed E-state index contributed by atoms with van der Waals surface area (Å²) in [6, 6.07) is 6.87. The summed E-state index contributed by atoms with van der Waals surface area (Å²) >= 11 is 0. The summed E-state index contributed by atoms with van der Waals surface area (Å²) in [7, 11) is 3.41. The van der Waals surface area contributed by atoms with E-state index in [9.17, 15) is 0 Å². The molecule has 0 aliphatic carbocycles. The van der Waals surface area contributed by atoms with Gasteiger partial charge in [0, 0.05) is 57.9 Å². The second kappa shape index (κ2) is 7.31. The average molecular weight is 305 g/mol. The predicted molar refractivity (Wildman–Crippen MR) is 87.7 cm³/mol. The van der Waals surface area contributed by atoms with Crippen molar-refractivity contribution < 1.29 is 9.47 Å². The minimum absolute atomic E-state index is 0.717. The van der Waals surface area contributed by atoms with E-state index < -0.39 is 0 Å². The summed E-state index contributed by atoms with van der Waals surface area (Å²) in [5.41, 5.74) is 1.26. The molecule has 2 heterocycles. The van der Waals surface area contributed by atoms with Gasteiger partial charge in [-0.2, -0.15) is 0 Å². The molecular weight excluding hydrogens is 278 g/mol. The van der Waals surface area contributed by atoms with Crippen LogP contribution >= 0.6 is 0 Å². The monoisotopic (exact) mass is 305 g/mol. The van der Waals surface area contributed by atoms with Crippen LogP contribution in [0.3, 0.4) is 0 Å². The van der Waals surface area contributed by atoms with E-state index in [1.54, 1.807) is 14.2 Å². The number of likely N-dealkylation sites (tertiary alicyclic amines) is 1. The third-order valence-corrected chi connectivity index (χ3v) is 4.73. The Hall–Kier alpha value is -1.30. The number of nitrogens with zero attached hydrogens (tertiary/aromatic N) is 2. The van der Waals surface area contributed by atoms with Gasteiger partial charge in [0.1, 0.15) is 11.5 Å². The molecule has 3 rings (SSSR count). The van der Waals surface area contributed by atoms with Gasteiger partial charge in [0.05, 0.1) is 14.2 Å². The van der Waals surface area contributed by atoms with Gasteiger partial charge in [0.15, 0.2) is 0 Å². The van der Waals surface area contributed by atoms with Gasteiger partial charge in [0.2, 0.25) is 0 Å². The largest absolute Gasteiger partial charge is 0.497 e. The van der Waals surface area contributed by atoms with Crippen LogP contribution in [0.5, 0.6) is 11.5 Å². The average Bonchev–Trinajstić information content (AvgIpc) is 3.03. The van der Waals surface area contributed by atoms with Gasteiger partial charge < -0.3 is 14.8 Å². The van der Waals surface area contributed by atoms with Crippen molar-refractivity contribution in [1.82, 2.24) is 15.1 Å². The molecule has 1 N–H and O–H groups in total. The number of benzene rings is 1. The number of methoxy groups -OCH3 is 2. The smallest absolute Gasteiger partial charge is 0.122 e. The summed E-state index contributed by atoms with van der Waals surface area (Å²) in [5, 5.41) is 3.43. The van der Waals surface area contributed by atoms with Gasteiger partial charge in [-0.05, 0) is 24.1 Å². The molecule has 5 heteroatoms. The highest BCUT2D eigenvalue weighted by molar-refractivity contribution is 5.38. The lowest BCUT2D eigenvalue weighted by Crippen LogP contribution is -2.49. The summed E-state index contributed by atoms with van der Waals surface area (Å²) in [6.45, 7) is 7.94. The molecule has 1 aromatic rings. The Morgan fingerprint density at radius 1 is 1.05 bits per heavy atom. The molecule has 2 saturated heterocycles. The van der Waals surface area contributed by atoms with Crippen molar-refractivity contribution in [3.8, 4) is 11.5 Å². The van der Waals surface area contributed by atoms with Crippen molar-refractivity contribution in [1.29, 1.82) is 0 Å². The first kappa shape index (κ1) is 15.6. The Labute approximate surface area is 133 Å². The van der Waals surface area contributed by atoms with Crippen LogP contribution in [0.2, 0.25) is 0 Å². The molecule has 2 fully saturated rings. The second-order valence-corrected chi connectivity index (χ2v) is 6.18. The molecule has 1 atom stereocenters. The molecule has 1 aromatic carbocycles. The first-order valence-corrected chi connectivity index (χ1v) is 8.17. The van der Waals surface area contributed by atoms with Crippen LogP contribution in [0.1, 0.15) is 12.0 Å². The molecule has 0 aromatic heterocycles. The maximum Gasteiger partial charge on any atom is 0.122 e. The molecule has 0 radical (unpaired) electrons.